The zero-order valence-corrected chi connectivity index (χ0v) is 54.8. The van der Waals surface area contributed by atoms with Crippen molar-refractivity contribution in [3.8, 4) is 44.6 Å². The third kappa shape index (κ3) is 24.4. The number of aryl methyl sites for hydroxylation is 1. The smallest absolute Gasteiger partial charge is 0.317 e. The Kier molecular flexibility index (Phi) is 30.1. The Labute approximate surface area is 549 Å². The molecule has 518 valence electrons. The molecule has 0 spiro atoms. The van der Waals surface area contributed by atoms with Gasteiger partial charge < -0.3 is 68.9 Å². The topological polar surface area (TPSA) is 373 Å². The van der Waals surface area contributed by atoms with Gasteiger partial charge in [0, 0.05) is 126 Å². The Balaban J connectivity index is 0.000000725. The van der Waals surface area contributed by atoms with Gasteiger partial charge in [-0.3, -0.25) is 62.7 Å². The van der Waals surface area contributed by atoms with E-state index in [2.05, 4.69) is 15.6 Å². The van der Waals surface area contributed by atoms with Gasteiger partial charge in [-0.25, -0.2) is 4.68 Å². The molecule has 0 bridgehead atoms. The molecule has 8 rings (SSSR count). The van der Waals surface area contributed by atoms with Crippen molar-refractivity contribution in [2.24, 2.45) is 5.92 Å². The third-order valence-electron chi connectivity index (χ3n) is 15.9. The monoisotopic (exact) mass is 1360 g/mol. The van der Waals surface area contributed by atoms with Crippen LogP contribution in [-0.4, -0.2) is 304 Å². The molecule has 0 radical (unpaired) electrons. The lowest BCUT2D eigenvalue weighted by Crippen LogP contribution is -2.54. The van der Waals surface area contributed by atoms with Crippen molar-refractivity contribution < 1.29 is 95.0 Å². The van der Waals surface area contributed by atoms with Crippen LogP contribution in [0.2, 0.25) is 0 Å². The molecule has 3 aliphatic heterocycles. The number of rotatable bonds is 33. The van der Waals surface area contributed by atoms with Crippen LogP contribution >= 0.6 is 11.3 Å². The van der Waals surface area contributed by atoms with E-state index < -0.39 is 58.2 Å². The summed E-state index contributed by atoms with van der Waals surface area (Å²) in [6, 6.07) is 8.16. The number of carboxylic acids is 3. The molecule has 3 aromatic heterocycles. The van der Waals surface area contributed by atoms with Gasteiger partial charge in [0.15, 0.2) is 0 Å². The summed E-state index contributed by atoms with van der Waals surface area (Å²) in [7, 11) is -3.14. The number of methoxy groups -OCH3 is 1. The SMILES string of the molecule is COc1cc2c(cc1-c1cncc(OCCOCCOCCOCCOCCNC(=O)C(CS(=O)(=O)O)NC(=O)CN3CCN(CC(=O)O)CCN(CC(=O)O)CCN(CC(=O)O)CC3)c1)-c1c(c(C)nn1-c1cccs1)CO2.O=CN1CCCN(C(=O)C2CCC2)CC1. The lowest BCUT2D eigenvalue weighted by atomic mass is 9.84. The average molecular weight is 1360 g/mol. The number of amides is 4. The number of thiophene rings is 1. The predicted molar refractivity (Wildman–Crippen MR) is 341 cm³/mol. The van der Waals surface area contributed by atoms with Crippen molar-refractivity contribution in [1.82, 2.24) is 54.8 Å². The number of hydrogen-bond donors (Lipinski definition) is 6. The summed E-state index contributed by atoms with van der Waals surface area (Å²) < 4.78 is 75.5. The van der Waals surface area contributed by atoms with Gasteiger partial charge >= 0.3 is 17.9 Å². The molecule has 1 aliphatic carbocycles. The molecular formula is C61H87N11O20S2. The molecule has 4 aromatic rings. The van der Waals surface area contributed by atoms with Crippen LogP contribution in [0.25, 0.3) is 27.4 Å². The van der Waals surface area contributed by atoms with Crippen molar-refractivity contribution in [3.05, 3.63) is 59.4 Å². The summed E-state index contributed by atoms with van der Waals surface area (Å²) >= 11 is 1.61. The second-order valence-electron chi connectivity index (χ2n) is 22.7. The molecule has 2 saturated heterocycles. The molecule has 1 atom stereocenters. The standard InChI is InChI=1S/C50H69N9O18S2.C11H18N2O2/c1-35-40-33-77-43-26-42(71-2)38(25-39(43)49(40)59(54-35)45-4-3-23-78-45)36-24-37(28-51-27-36)76-22-21-75-20-19-74-18-17-73-16-15-72-14-5-52-50(67)41(34-79(68,69)70)53-44(60)29-55-6-8-56(30-46(61)62)10-12-58(32-48(65)66)13-11-57(9-7-55)31-47(63)64;14-9-12-5-2-6-13(8-7-12)11(15)10-3-1-4-10/h3-4,23-28,41H,5-22,29-34H2,1-2H3,(H,52,67)(H,53,60)(H,61,62)(H,63,64)(H,65,66)(H,68,69,70);9-10H,1-8H2. The van der Waals surface area contributed by atoms with E-state index >= 15 is 0 Å². The molecule has 4 aliphatic rings. The van der Waals surface area contributed by atoms with E-state index in [1.165, 1.54) is 6.42 Å². The van der Waals surface area contributed by atoms with Crippen LogP contribution in [0.1, 0.15) is 36.9 Å². The highest BCUT2D eigenvalue weighted by molar-refractivity contribution is 7.85. The number of ether oxygens (including phenoxy) is 7. The molecule has 1 saturated carbocycles. The fraction of sp³-hybridized carbons (Fsp3) is 0.590. The molecule has 6 heterocycles. The normalized spacial score (nSPS) is 16.6. The van der Waals surface area contributed by atoms with E-state index in [-0.39, 0.29) is 117 Å². The second-order valence-corrected chi connectivity index (χ2v) is 25.1. The maximum atomic E-state index is 13.3. The summed E-state index contributed by atoms with van der Waals surface area (Å²) in [6.45, 7) is 7.16. The summed E-state index contributed by atoms with van der Waals surface area (Å²) in [6.07, 6.45) is 8.51. The van der Waals surface area contributed by atoms with Crippen LogP contribution in [0.5, 0.6) is 17.2 Å². The number of aromatic nitrogens is 3. The van der Waals surface area contributed by atoms with Crippen LogP contribution < -0.4 is 24.8 Å². The first kappa shape index (κ1) is 74.0. The number of carbonyl (C=O) groups is 7. The second kappa shape index (κ2) is 38.2. The number of hydrogen-bond acceptors (Lipinski definition) is 23. The van der Waals surface area contributed by atoms with Crippen molar-refractivity contribution in [1.29, 1.82) is 0 Å². The minimum absolute atomic E-state index is 0.00662. The summed E-state index contributed by atoms with van der Waals surface area (Å²) in [5.41, 5.74) is 5.43. The van der Waals surface area contributed by atoms with Gasteiger partial charge in [-0.2, -0.15) is 13.5 Å². The van der Waals surface area contributed by atoms with Crippen LogP contribution in [0.4, 0.5) is 0 Å². The van der Waals surface area contributed by atoms with Gasteiger partial charge in [0.05, 0.1) is 104 Å². The van der Waals surface area contributed by atoms with Gasteiger partial charge in [0.2, 0.25) is 24.1 Å². The number of carboxylic acid groups (broad SMARTS) is 3. The molecular weight excluding hydrogens is 1270 g/mol. The van der Waals surface area contributed by atoms with Gasteiger partial charge in [-0.15, -0.1) is 11.3 Å². The van der Waals surface area contributed by atoms with E-state index in [0.29, 0.717) is 69.3 Å². The quantitative estimate of drug-likeness (QED) is 0.0218. The third-order valence-corrected chi connectivity index (χ3v) is 17.5. The largest absolute Gasteiger partial charge is 0.496 e. The molecule has 94 heavy (non-hydrogen) atoms. The average Bonchev–Trinajstić information content (AvgIpc) is 1.51. The Bertz CT molecular complexity index is 3200. The van der Waals surface area contributed by atoms with E-state index in [1.807, 2.05) is 52.2 Å². The van der Waals surface area contributed by atoms with Crippen LogP contribution in [0, 0.1) is 12.8 Å². The van der Waals surface area contributed by atoms with Crippen LogP contribution in [0.3, 0.4) is 0 Å². The number of carbonyl (C=O) groups excluding carboxylic acids is 4. The number of pyridine rings is 1. The zero-order valence-electron chi connectivity index (χ0n) is 53.1. The fourth-order valence-electron chi connectivity index (χ4n) is 10.8. The first-order chi connectivity index (χ1) is 45.3. The Morgan fingerprint density at radius 3 is 1.84 bits per heavy atom. The highest BCUT2D eigenvalue weighted by atomic mass is 32.2. The molecule has 33 heteroatoms. The first-order valence-corrected chi connectivity index (χ1v) is 33.7. The number of aliphatic carboxylic acids is 3. The molecule has 31 nitrogen and oxygen atoms in total. The van der Waals surface area contributed by atoms with Crippen molar-refractivity contribution >= 4 is 63.5 Å². The maximum absolute atomic E-state index is 13.3. The van der Waals surface area contributed by atoms with Crippen molar-refractivity contribution in [2.75, 3.05) is 184 Å². The summed E-state index contributed by atoms with van der Waals surface area (Å²) in [5.74, 6) is -3.68. The maximum Gasteiger partial charge on any atom is 0.317 e. The number of nitrogens with one attached hydrogen (secondary N) is 2. The lowest BCUT2D eigenvalue weighted by molar-refractivity contribution is -0.140. The van der Waals surface area contributed by atoms with Gasteiger partial charge in [0.25, 0.3) is 10.1 Å². The molecule has 1 aromatic carbocycles. The Morgan fingerprint density at radius 1 is 0.723 bits per heavy atom. The summed E-state index contributed by atoms with van der Waals surface area (Å²) in [4.78, 5) is 98.0. The first-order valence-electron chi connectivity index (χ1n) is 31.2. The highest BCUT2D eigenvalue weighted by Gasteiger charge is 2.32. The van der Waals surface area contributed by atoms with Gasteiger partial charge in [0.1, 0.15) is 47.3 Å². The molecule has 1 unspecified atom stereocenters. The minimum atomic E-state index is -4.75. The van der Waals surface area contributed by atoms with E-state index in [9.17, 15) is 61.9 Å². The fourth-order valence-corrected chi connectivity index (χ4v) is 12.1. The Hall–Kier alpha value is -7.44. The van der Waals surface area contributed by atoms with Gasteiger partial charge in [-0.05, 0) is 55.8 Å². The Morgan fingerprint density at radius 2 is 1.31 bits per heavy atom. The molecule has 3 fully saturated rings. The summed E-state index contributed by atoms with van der Waals surface area (Å²) in [5, 5.41) is 41.0. The van der Waals surface area contributed by atoms with Crippen LogP contribution in [0.15, 0.2) is 48.1 Å². The number of benzene rings is 1. The lowest BCUT2D eigenvalue weighted by Gasteiger charge is -2.33. The van der Waals surface area contributed by atoms with Gasteiger partial charge in [-0.1, -0.05) is 6.42 Å². The van der Waals surface area contributed by atoms with E-state index in [4.69, 9.17) is 38.3 Å². The van der Waals surface area contributed by atoms with Crippen molar-refractivity contribution in [2.45, 2.75) is 45.3 Å². The number of fused-ring (bicyclic) bond motifs is 3. The zero-order chi connectivity index (χ0) is 67.4. The molecule has 6 N–H and O–H groups in total. The minimum Gasteiger partial charge on any atom is -0.496 e. The van der Waals surface area contributed by atoms with Crippen LogP contribution in [-0.2, 0) is 69.2 Å². The highest BCUT2D eigenvalue weighted by Crippen LogP contribution is 2.46. The molecule has 4 amide bonds. The predicted octanol–water partition coefficient (Wildman–Crippen LogP) is 0.759. The van der Waals surface area contributed by atoms with Crippen molar-refractivity contribution in [3.63, 3.8) is 0 Å². The van der Waals surface area contributed by atoms with E-state index in [0.717, 1.165) is 77.4 Å². The van der Waals surface area contributed by atoms with E-state index in [1.54, 1.807) is 55.3 Å². The number of nitrogens with zero attached hydrogens (tertiary/aromatic N) is 9.